The molecule has 0 saturated carbocycles. The first-order valence-electron chi connectivity index (χ1n) is 10.5. The first-order valence-corrected chi connectivity index (χ1v) is 10.5. The predicted molar refractivity (Wildman–Crippen MR) is 123 cm³/mol. The van der Waals surface area contributed by atoms with Crippen LogP contribution in [0, 0.1) is 0 Å². The Bertz CT molecular complexity index is 1350. The average molecular weight is 459 g/mol. The maximum absolute atomic E-state index is 12.1. The zero-order valence-electron chi connectivity index (χ0n) is 18.3. The second-order valence-corrected chi connectivity index (χ2v) is 7.28. The summed E-state index contributed by atoms with van der Waals surface area (Å²) in [5, 5.41) is 15.6. The van der Waals surface area contributed by atoms with Crippen molar-refractivity contribution in [2.24, 2.45) is 0 Å². The Labute approximate surface area is 194 Å². The van der Waals surface area contributed by atoms with Crippen molar-refractivity contribution in [3.8, 4) is 34.5 Å². The summed E-state index contributed by atoms with van der Waals surface area (Å²) >= 11 is 0. The number of aromatic nitrogens is 4. The van der Waals surface area contributed by atoms with E-state index in [0.717, 1.165) is 16.9 Å². The minimum Gasteiger partial charge on any atom is -0.497 e. The van der Waals surface area contributed by atoms with Gasteiger partial charge in [0.15, 0.2) is 23.0 Å². The van der Waals surface area contributed by atoms with E-state index < -0.39 is 0 Å². The van der Waals surface area contributed by atoms with Crippen LogP contribution in [0.1, 0.15) is 5.56 Å². The van der Waals surface area contributed by atoms with Gasteiger partial charge >= 0.3 is 0 Å². The molecular formula is C24H21N5O5. The van der Waals surface area contributed by atoms with Crippen LogP contribution < -0.4 is 24.3 Å². The van der Waals surface area contributed by atoms with Crippen LogP contribution in [0.5, 0.6) is 23.1 Å². The molecule has 1 N–H and O–H groups in total. The van der Waals surface area contributed by atoms with Crippen LogP contribution in [-0.4, -0.2) is 52.8 Å². The third-order valence-electron chi connectivity index (χ3n) is 5.06. The van der Waals surface area contributed by atoms with Gasteiger partial charge in [-0.05, 0) is 54.1 Å². The van der Waals surface area contributed by atoms with E-state index in [1.54, 1.807) is 29.8 Å². The van der Waals surface area contributed by atoms with Crippen LogP contribution in [0.15, 0.2) is 60.7 Å². The van der Waals surface area contributed by atoms with Gasteiger partial charge in [-0.15, -0.1) is 15.3 Å². The fraction of sp³-hybridized carbons (Fsp3) is 0.167. The summed E-state index contributed by atoms with van der Waals surface area (Å²) in [5.41, 5.74) is 2.29. The summed E-state index contributed by atoms with van der Waals surface area (Å²) in [5.74, 6) is 2.88. The van der Waals surface area contributed by atoms with Crippen molar-refractivity contribution < 1.29 is 23.7 Å². The van der Waals surface area contributed by atoms with Gasteiger partial charge in [0.1, 0.15) is 12.4 Å². The number of nitrogens with zero attached hydrogens (tertiary/aromatic N) is 4. The van der Waals surface area contributed by atoms with Crippen molar-refractivity contribution in [1.29, 1.82) is 0 Å². The molecule has 1 aliphatic heterocycles. The molecule has 34 heavy (non-hydrogen) atoms. The van der Waals surface area contributed by atoms with Gasteiger partial charge in [0.05, 0.1) is 13.7 Å². The van der Waals surface area contributed by atoms with Gasteiger partial charge in [-0.25, -0.2) is 0 Å². The van der Waals surface area contributed by atoms with E-state index in [1.807, 2.05) is 42.5 Å². The van der Waals surface area contributed by atoms with Crippen LogP contribution in [0.4, 0.5) is 0 Å². The molecule has 172 valence electrons. The quantitative estimate of drug-likeness (QED) is 0.317. The number of hydrogen-bond donors (Lipinski definition) is 1. The van der Waals surface area contributed by atoms with Crippen molar-refractivity contribution in [2.45, 2.75) is 0 Å². The number of rotatable bonds is 8. The van der Waals surface area contributed by atoms with Gasteiger partial charge < -0.3 is 24.3 Å². The second kappa shape index (κ2) is 9.49. The van der Waals surface area contributed by atoms with Crippen LogP contribution >= 0.6 is 0 Å². The Kier molecular flexibility index (Phi) is 5.93. The smallest absolute Gasteiger partial charge is 0.244 e. The summed E-state index contributed by atoms with van der Waals surface area (Å²) in [6.07, 6.45) is 3.17. The van der Waals surface area contributed by atoms with Gasteiger partial charge in [0, 0.05) is 17.7 Å². The molecule has 10 nitrogen and oxygen atoms in total. The van der Waals surface area contributed by atoms with Gasteiger partial charge in [-0.1, -0.05) is 6.07 Å². The van der Waals surface area contributed by atoms with Gasteiger partial charge in [-0.2, -0.15) is 4.52 Å². The van der Waals surface area contributed by atoms with Gasteiger partial charge in [-0.3, -0.25) is 4.79 Å². The number of carbonyl (C=O) groups is 1. The summed E-state index contributed by atoms with van der Waals surface area (Å²) in [4.78, 5) is 12.1. The number of carbonyl (C=O) groups excluding carboxylic acids is 1. The molecule has 0 bridgehead atoms. The van der Waals surface area contributed by atoms with Crippen molar-refractivity contribution in [3.05, 3.63) is 66.2 Å². The lowest BCUT2D eigenvalue weighted by atomic mass is 10.2. The Balaban J connectivity index is 1.15. The standard InChI is InChI=1S/C24H21N5O5/c1-31-18-6-4-17(5-7-18)24-27-26-21-9-11-23(28-29(21)24)32-13-12-25-22(30)10-3-16-2-8-19-20(14-16)34-15-33-19/h2-11,14H,12-13,15H2,1H3,(H,25,30)/b10-3+. The van der Waals surface area contributed by atoms with Crippen LogP contribution in [0.25, 0.3) is 23.1 Å². The fourth-order valence-corrected chi connectivity index (χ4v) is 3.35. The molecule has 0 spiro atoms. The number of amides is 1. The monoisotopic (exact) mass is 459 g/mol. The van der Waals surface area contributed by atoms with E-state index >= 15 is 0 Å². The molecule has 10 heteroatoms. The molecule has 0 radical (unpaired) electrons. The number of fused-ring (bicyclic) bond motifs is 2. The maximum Gasteiger partial charge on any atom is 0.244 e. The molecule has 0 saturated heterocycles. The highest BCUT2D eigenvalue weighted by Crippen LogP contribution is 2.32. The molecule has 2 aromatic heterocycles. The Morgan fingerprint density at radius 3 is 2.79 bits per heavy atom. The summed E-state index contributed by atoms with van der Waals surface area (Å²) in [6.45, 7) is 0.782. The third-order valence-corrected chi connectivity index (χ3v) is 5.06. The molecule has 3 heterocycles. The van der Waals surface area contributed by atoms with E-state index in [0.29, 0.717) is 35.4 Å². The highest BCUT2D eigenvalue weighted by molar-refractivity contribution is 5.91. The number of methoxy groups -OCH3 is 1. The van der Waals surface area contributed by atoms with Crippen molar-refractivity contribution in [1.82, 2.24) is 25.1 Å². The van der Waals surface area contributed by atoms with E-state index in [2.05, 4.69) is 20.6 Å². The summed E-state index contributed by atoms with van der Waals surface area (Å²) in [7, 11) is 1.62. The lowest BCUT2D eigenvalue weighted by molar-refractivity contribution is -0.116. The molecule has 2 aromatic carbocycles. The largest absolute Gasteiger partial charge is 0.497 e. The predicted octanol–water partition coefficient (Wildman–Crippen LogP) is 2.74. The Hall–Kier alpha value is -4.60. The zero-order chi connectivity index (χ0) is 23.3. The highest BCUT2D eigenvalue weighted by Gasteiger charge is 2.13. The van der Waals surface area contributed by atoms with Crippen LogP contribution in [-0.2, 0) is 4.79 Å². The van der Waals surface area contributed by atoms with E-state index in [4.69, 9.17) is 18.9 Å². The number of benzene rings is 2. The van der Waals surface area contributed by atoms with E-state index in [-0.39, 0.29) is 19.3 Å². The first-order chi connectivity index (χ1) is 16.7. The average Bonchev–Trinajstić information content (AvgIpc) is 3.52. The SMILES string of the molecule is COc1ccc(-c2nnc3ccc(OCCNC(=O)/C=C/c4ccc5c(c4)OCO5)nn23)cc1. The highest BCUT2D eigenvalue weighted by atomic mass is 16.7. The molecule has 5 rings (SSSR count). The van der Waals surface area contributed by atoms with Crippen molar-refractivity contribution >= 4 is 17.6 Å². The van der Waals surface area contributed by atoms with Crippen molar-refractivity contribution in [2.75, 3.05) is 27.1 Å². The second-order valence-electron chi connectivity index (χ2n) is 7.28. The number of nitrogens with one attached hydrogen (secondary N) is 1. The van der Waals surface area contributed by atoms with E-state index in [1.165, 1.54) is 6.08 Å². The normalized spacial score (nSPS) is 12.3. The van der Waals surface area contributed by atoms with Crippen LogP contribution in [0.3, 0.4) is 0 Å². The van der Waals surface area contributed by atoms with Gasteiger partial charge in [0.25, 0.3) is 0 Å². The molecule has 1 amide bonds. The molecule has 0 unspecified atom stereocenters. The number of ether oxygens (including phenoxy) is 4. The Morgan fingerprint density at radius 1 is 1.09 bits per heavy atom. The molecular weight excluding hydrogens is 438 g/mol. The Morgan fingerprint density at radius 2 is 1.94 bits per heavy atom. The molecule has 0 aliphatic carbocycles. The molecule has 1 aliphatic rings. The zero-order valence-corrected chi connectivity index (χ0v) is 18.3. The van der Waals surface area contributed by atoms with Crippen LogP contribution in [0.2, 0.25) is 0 Å². The molecule has 0 fully saturated rings. The van der Waals surface area contributed by atoms with Gasteiger partial charge in [0.2, 0.25) is 18.6 Å². The maximum atomic E-state index is 12.1. The van der Waals surface area contributed by atoms with E-state index in [9.17, 15) is 4.79 Å². The van der Waals surface area contributed by atoms with Crippen molar-refractivity contribution in [3.63, 3.8) is 0 Å². The molecule has 4 aromatic rings. The third kappa shape index (κ3) is 4.60. The summed E-state index contributed by atoms with van der Waals surface area (Å²) < 4.78 is 23.1. The lowest BCUT2D eigenvalue weighted by Crippen LogP contribution is -2.26. The topological polar surface area (TPSA) is 109 Å². The fourth-order valence-electron chi connectivity index (χ4n) is 3.35. The lowest BCUT2D eigenvalue weighted by Gasteiger charge is -2.07. The summed E-state index contributed by atoms with van der Waals surface area (Å²) in [6, 6.07) is 16.4. The minimum atomic E-state index is -0.231. The first kappa shape index (κ1) is 21.3. The molecule has 0 atom stereocenters. The number of hydrogen-bond acceptors (Lipinski definition) is 8. The minimum absolute atomic E-state index is 0.213.